The van der Waals surface area contributed by atoms with Crippen molar-refractivity contribution in [2.24, 2.45) is 5.92 Å². The molecule has 1 heterocycles. The van der Waals surface area contributed by atoms with E-state index in [2.05, 4.69) is 42.7 Å². The Bertz CT molecular complexity index is 436. The largest absolute Gasteiger partial charge is 0.355 e. The molecular formula is C16H24N2O. The van der Waals surface area contributed by atoms with Crippen molar-refractivity contribution < 1.29 is 4.79 Å². The predicted octanol–water partition coefficient (Wildman–Crippen LogP) is 1.96. The second kappa shape index (κ2) is 6.71. The van der Waals surface area contributed by atoms with Crippen LogP contribution in [0.25, 0.3) is 0 Å². The first kappa shape index (κ1) is 14.1. The van der Waals surface area contributed by atoms with E-state index in [9.17, 15) is 4.79 Å². The van der Waals surface area contributed by atoms with E-state index in [0.717, 1.165) is 25.2 Å². The fourth-order valence-corrected chi connectivity index (χ4v) is 2.58. The van der Waals surface area contributed by atoms with E-state index in [1.165, 1.54) is 24.0 Å². The summed E-state index contributed by atoms with van der Waals surface area (Å²) < 4.78 is 0. The highest BCUT2D eigenvalue weighted by Crippen LogP contribution is 2.12. The van der Waals surface area contributed by atoms with Gasteiger partial charge < -0.3 is 10.6 Å². The van der Waals surface area contributed by atoms with Crippen LogP contribution in [-0.2, 0) is 11.2 Å². The lowest BCUT2D eigenvalue weighted by Gasteiger charge is -2.22. The number of carbonyl (C=O) groups is 1. The molecule has 0 radical (unpaired) electrons. The monoisotopic (exact) mass is 260 g/mol. The summed E-state index contributed by atoms with van der Waals surface area (Å²) in [5.41, 5.74) is 3.55. The molecule has 19 heavy (non-hydrogen) atoms. The van der Waals surface area contributed by atoms with Gasteiger partial charge in [0.15, 0.2) is 0 Å². The summed E-state index contributed by atoms with van der Waals surface area (Å²) >= 11 is 0. The van der Waals surface area contributed by atoms with Gasteiger partial charge in [-0.05, 0) is 56.8 Å². The molecule has 1 fully saturated rings. The molecule has 1 saturated heterocycles. The Morgan fingerprint density at radius 1 is 1.42 bits per heavy atom. The highest BCUT2D eigenvalue weighted by Gasteiger charge is 2.14. The number of hydrogen-bond donors (Lipinski definition) is 2. The van der Waals surface area contributed by atoms with Crippen molar-refractivity contribution in [1.29, 1.82) is 0 Å². The average molecular weight is 260 g/mol. The minimum Gasteiger partial charge on any atom is -0.355 e. The number of hydrogen-bond acceptors (Lipinski definition) is 2. The van der Waals surface area contributed by atoms with Gasteiger partial charge in [0.1, 0.15) is 0 Å². The molecule has 1 unspecified atom stereocenters. The summed E-state index contributed by atoms with van der Waals surface area (Å²) in [6.07, 6.45) is 2.93. The number of aryl methyl sites for hydroxylation is 2. The Morgan fingerprint density at radius 3 is 3.00 bits per heavy atom. The second-order valence-electron chi connectivity index (χ2n) is 5.62. The normalized spacial score (nSPS) is 19.2. The summed E-state index contributed by atoms with van der Waals surface area (Å²) in [6, 6.07) is 6.28. The van der Waals surface area contributed by atoms with Crippen molar-refractivity contribution in [3.05, 3.63) is 34.9 Å². The van der Waals surface area contributed by atoms with Crippen LogP contribution in [-0.4, -0.2) is 25.5 Å². The van der Waals surface area contributed by atoms with E-state index in [0.29, 0.717) is 12.3 Å². The standard InChI is InChI=1S/C16H24N2O/c1-12-5-6-13(2)15(8-12)9-16(19)18-11-14-4-3-7-17-10-14/h5-6,8,14,17H,3-4,7,9-11H2,1-2H3,(H,18,19). The third kappa shape index (κ3) is 4.35. The minimum absolute atomic E-state index is 0.138. The molecule has 0 spiro atoms. The van der Waals surface area contributed by atoms with Crippen LogP contribution >= 0.6 is 0 Å². The molecule has 2 rings (SSSR count). The number of carbonyl (C=O) groups excluding carboxylic acids is 1. The Kier molecular flexibility index (Phi) is 4.97. The van der Waals surface area contributed by atoms with E-state index in [-0.39, 0.29) is 5.91 Å². The summed E-state index contributed by atoms with van der Waals surface area (Å²) in [5, 5.41) is 6.44. The van der Waals surface area contributed by atoms with E-state index in [1.807, 2.05) is 0 Å². The Hall–Kier alpha value is -1.35. The SMILES string of the molecule is Cc1ccc(C)c(CC(=O)NCC2CCCNC2)c1. The van der Waals surface area contributed by atoms with Crippen LogP contribution in [0, 0.1) is 19.8 Å². The molecule has 0 saturated carbocycles. The maximum atomic E-state index is 12.0. The van der Waals surface area contributed by atoms with Crippen molar-refractivity contribution in [3.63, 3.8) is 0 Å². The Balaban J connectivity index is 1.81. The van der Waals surface area contributed by atoms with Crippen molar-refractivity contribution in [3.8, 4) is 0 Å². The van der Waals surface area contributed by atoms with Crippen molar-refractivity contribution in [2.45, 2.75) is 33.1 Å². The maximum Gasteiger partial charge on any atom is 0.224 e. The first-order chi connectivity index (χ1) is 9.15. The van der Waals surface area contributed by atoms with Gasteiger partial charge in [-0.1, -0.05) is 23.8 Å². The summed E-state index contributed by atoms with van der Waals surface area (Å²) in [5.74, 6) is 0.732. The maximum absolute atomic E-state index is 12.0. The first-order valence-electron chi connectivity index (χ1n) is 7.18. The van der Waals surface area contributed by atoms with Crippen LogP contribution in [0.5, 0.6) is 0 Å². The topological polar surface area (TPSA) is 41.1 Å². The van der Waals surface area contributed by atoms with Gasteiger partial charge in [-0.2, -0.15) is 0 Å². The lowest BCUT2D eigenvalue weighted by Crippen LogP contribution is -2.38. The van der Waals surface area contributed by atoms with Crippen LogP contribution in [0.1, 0.15) is 29.5 Å². The first-order valence-corrected chi connectivity index (χ1v) is 7.18. The van der Waals surface area contributed by atoms with Gasteiger partial charge in [0, 0.05) is 6.54 Å². The Morgan fingerprint density at radius 2 is 2.26 bits per heavy atom. The zero-order chi connectivity index (χ0) is 13.7. The molecular weight excluding hydrogens is 236 g/mol. The lowest BCUT2D eigenvalue weighted by molar-refractivity contribution is -0.120. The van der Waals surface area contributed by atoms with Gasteiger partial charge in [-0.3, -0.25) is 4.79 Å². The summed E-state index contributed by atoms with van der Waals surface area (Å²) in [4.78, 5) is 12.0. The highest BCUT2D eigenvalue weighted by molar-refractivity contribution is 5.79. The highest BCUT2D eigenvalue weighted by atomic mass is 16.1. The quantitative estimate of drug-likeness (QED) is 0.869. The number of nitrogens with one attached hydrogen (secondary N) is 2. The molecule has 1 aliphatic rings. The molecule has 1 amide bonds. The van der Waals surface area contributed by atoms with E-state index < -0.39 is 0 Å². The summed E-state index contributed by atoms with van der Waals surface area (Å²) in [7, 11) is 0. The molecule has 3 nitrogen and oxygen atoms in total. The average Bonchev–Trinajstić information content (AvgIpc) is 2.42. The molecule has 1 atom stereocenters. The van der Waals surface area contributed by atoms with Crippen molar-refractivity contribution >= 4 is 5.91 Å². The van der Waals surface area contributed by atoms with Crippen LogP contribution in [0.4, 0.5) is 0 Å². The smallest absolute Gasteiger partial charge is 0.224 e. The predicted molar refractivity (Wildman–Crippen MR) is 78.2 cm³/mol. The molecule has 3 heteroatoms. The fourth-order valence-electron chi connectivity index (χ4n) is 2.58. The van der Waals surface area contributed by atoms with Gasteiger partial charge >= 0.3 is 0 Å². The molecule has 1 aromatic carbocycles. The fraction of sp³-hybridized carbons (Fsp3) is 0.562. The number of amides is 1. The molecule has 2 N–H and O–H groups in total. The van der Waals surface area contributed by atoms with E-state index in [4.69, 9.17) is 0 Å². The number of piperidine rings is 1. The number of benzene rings is 1. The molecule has 0 bridgehead atoms. The van der Waals surface area contributed by atoms with Crippen molar-refractivity contribution in [2.75, 3.05) is 19.6 Å². The second-order valence-corrected chi connectivity index (χ2v) is 5.62. The molecule has 0 aliphatic carbocycles. The van der Waals surface area contributed by atoms with Crippen LogP contribution in [0.2, 0.25) is 0 Å². The zero-order valence-corrected chi connectivity index (χ0v) is 12.0. The summed E-state index contributed by atoms with van der Waals surface area (Å²) in [6.45, 7) is 7.08. The van der Waals surface area contributed by atoms with Gasteiger partial charge in [0.25, 0.3) is 0 Å². The van der Waals surface area contributed by atoms with Gasteiger partial charge in [0.2, 0.25) is 5.91 Å². The molecule has 0 aromatic heterocycles. The van der Waals surface area contributed by atoms with Gasteiger partial charge in [-0.15, -0.1) is 0 Å². The van der Waals surface area contributed by atoms with Crippen LogP contribution in [0.15, 0.2) is 18.2 Å². The van der Waals surface area contributed by atoms with Crippen LogP contribution < -0.4 is 10.6 Å². The molecule has 1 aromatic rings. The third-order valence-corrected chi connectivity index (χ3v) is 3.84. The third-order valence-electron chi connectivity index (χ3n) is 3.84. The zero-order valence-electron chi connectivity index (χ0n) is 12.0. The van der Waals surface area contributed by atoms with E-state index >= 15 is 0 Å². The lowest BCUT2D eigenvalue weighted by atomic mass is 9.99. The molecule has 104 valence electrons. The van der Waals surface area contributed by atoms with Crippen LogP contribution in [0.3, 0.4) is 0 Å². The van der Waals surface area contributed by atoms with Crippen molar-refractivity contribution in [1.82, 2.24) is 10.6 Å². The molecule has 1 aliphatic heterocycles. The van der Waals surface area contributed by atoms with Gasteiger partial charge in [-0.25, -0.2) is 0 Å². The van der Waals surface area contributed by atoms with Gasteiger partial charge in [0.05, 0.1) is 6.42 Å². The number of rotatable bonds is 4. The van der Waals surface area contributed by atoms with E-state index in [1.54, 1.807) is 0 Å². The Labute approximate surface area is 115 Å². The minimum atomic E-state index is 0.138.